The van der Waals surface area contributed by atoms with Crippen LogP contribution in [0.15, 0.2) is 0 Å². The zero-order chi connectivity index (χ0) is 43.9. The Hall–Kier alpha value is 0.217. The lowest BCUT2D eigenvalue weighted by molar-refractivity contribution is 0.525. The molecule has 0 radical (unpaired) electrons. The van der Waals surface area contributed by atoms with Gasteiger partial charge in [-0.25, -0.2) is 0 Å². The molecule has 0 aliphatic rings. The van der Waals surface area contributed by atoms with Gasteiger partial charge in [-0.2, -0.15) is 0 Å². The Morgan fingerprint density at radius 3 is 0.344 bits per heavy atom. The van der Waals surface area contributed by atoms with Crippen molar-refractivity contribution >= 4 is 8.80 Å². The van der Waals surface area contributed by atoms with Gasteiger partial charge in [0.1, 0.15) is 0 Å². The monoisotopic (exact) mass is 873 g/mol. The fourth-order valence-corrected chi connectivity index (χ4v) is 13.9. The van der Waals surface area contributed by atoms with Crippen molar-refractivity contribution in [2.75, 3.05) is 0 Å². The topological polar surface area (TPSA) is 0 Å². The normalized spacial score (nSPS) is 11.8. The highest BCUT2D eigenvalue weighted by Crippen LogP contribution is 2.22. The Balaban J connectivity index is 3.96. The van der Waals surface area contributed by atoms with Gasteiger partial charge in [-0.05, 0) is 0 Å². The van der Waals surface area contributed by atoms with Crippen molar-refractivity contribution < 1.29 is 0 Å². The third-order valence-electron chi connectivity index (χ3n) is 14.9. The van der Waals surface area contributed by atoms with Crippen LogP contribution in [0.25, 0.3) is 0 Å². The number of hydrogen-bond donors (Lipinski definition) is 0. The van der Waals surface area contributed by atoms with E-state index in [1.165, 1.54) is 308 Å². The fourth-order valence-electron chi connectivity index (χ4n) is 10.4. The fraction of sp³-hybridized carbons (Fsp3) is 1.00. The van der Waals surface area contributed by atoms with Gasteiger partial charge in [0.05, 0.1) is 0 Å². The molecule has 0 bridgehead atoms. The summed E-state index contributed by atoms with van der Waals surface area (Å²) in [6.45, 7) is 6.97. The summed E-state index contributed by atoms with van der Waals surface area (Å²) >= 11 is 0. The van der Waals surface area contributed by atoms with E-state index in [1.807, 2.05) is 0 Å². The molecule has 0 aromatic carbocycles. The lowest BCUT2D eigenvalue weighted by Crippen LogP contribution is -2.12. The van der Waals surface area contributed by atoms with Crippen LogP contribution in [0, 0.1) is 0 Å². The summed E-state index contributed by atoms with van der Waals surface area (Å²) in [5, 5.41) is 0. The average Bonchev–Trinajstić information content (AvgIpc) is 3.27. The van der Waals surface area contributed by atoms with E-state index >= 15 is 0 Å². The highest BCUT2D eigenvalue weighted by molar-refractivity contribution is 6.58. The van der Waals surface area contributed by atoms with Gasteiger partial charge in [0.2, 0.25) is 0 Å². The van der Waals surface area contributed by atoms with Crippen LogP contribution < -0.4 is 0 Å². The van der Waals surface area contributed by atoms with Crippen LogP contribution in [0.1, 0.15) is 367 Å². The maximum absolute atomic E-state index is 2.32. The maximum Gasteiger partial charge on any atom is 0.0367 e. The first-order valence-electron chi connectivity index (χ1n) is 30.3. The minimum absolute atomic E-state index is 0.522. The Kier molecular flexibility index (Phi) is 58.4. The largest absolute Gasteiger partial charge is 0.0654 e. The molecule has 0 heterocycles. The molecule has 0 aromatic heterocycles. The van der Waals surface area contributed by atoms with E-state index in [-0.39, 0.29) is 0 Å². The van der Waals surface area contributed by atoms with Gasteiger partial charge in [0.15, 0.2) is 0 Å². The van der Waals surface area contributed by atoms with Crippen molar-refractivity contribution in [1.29, 1.82) is 0 Å². The van der Waals surface area contributed by atoms with E-state index in [0.29, 0.717) is 0 Å². The molecule has 61 heavy (non-hydrogen) atoms. The predicted molar refractivity (Wildman–Crippen MR) is 288 cm³/mol. The Morgan fingerprint density at radius 2 is 0.230 bits per heavy atom. The molecule has 0 fully saturated rings. The summed E-state index contributed by atoms with van der Waals surface area (Å²) in [7, 11) is -0.522. The molecule has 0 saturated heterocycles. The van der Waals surface area contributed by atoms with Crippen LogP contribution >= 0.6 is 0 Å². The summed E-state index contributed by atoms with van der Waals surface area (Å²) in [5.41, 5.74) is 0. The van der Waals surface area contributed by atoms with E-state index in [4.69, 9.17) is 0 Å². The molecular formula is C60H124Si. The Labute approximate surface area is 392 Å². The van der Waals surface area contributed by atoms with Crippen molar-refractivity contribution in [3.8, 4) is 0 Å². The van der Waals surface area contributed by atoms with Gasteiger partial charge in [-0.1, -0.05) is 386 Å². The summed E-state index contributed by atoms with van der Waals surface area (Å²) in [5.74, 6) is 0. The molecule has 0 atom stereocenters. The molecule has 0 saturated carbocycles. The van der Waals surface area contributed by atoms with Crippen LogP contribution in [0.4, 0.5) is 0 Å². The molecule has 0 N–H and O–H groups in total. The molecule has 0 aliphatic carbocycles. The SMILES string of the molecule is CCCCCCCCCCCCCCCCCCCC[SiH](CCCCCCCCCCCCCCCCCCCC)CCCCCCCCCCCCCCCCCCCC. The van der Waals surface area contributed by atoms with Crippen molar-refractivity contribution in [2.24, 2.45) is 0 Å². The van der Waals surface area contributed by atoms with Crippen LogP contribution in [0.3, 0.4) is 0 Å². The molecule has 0 spiro atoms. The Bertz CT molecular complexity index is 621. The van der Waals surface area contributed by atoms with Gasteiger partial charge >= 0.3 is 0 Å². The molecule has 0 rings (SSSR count). The van der Waals surface area contributed by atoms with E-state index < -0.39 is 8.80 Å². The zero-order valence-electron chi connectivity index (χ0n) is 43.9. The van der Waals surface area contributed by atoms with Crippen LogP contribution in [0.5, 0.6) is 0 Å². The second-order valence-electron chi connectivity index (χ2n) is 21.3. The first-order valence-corrected chi connectivity index (χ1v) is 32.8. The van der Waals surface area contributed by atoms with Crippen LogP contribution in [0.2, 0.25) is 18.1 Å². The average molecular weight is 874 g/mol. The molecule has 0 aliphatic heterocycles. The highest BCUT2D eigenvalue weighted by atomic mass is 28.3. The highest BCUT2D eigenvalue weighted by Gasteiger charge is 2.11. The second kappa shape index (κ2) is 58.2. The minimum Gasteiger partial charge on any atom is -0.0654 e. The van der Waals surface area contributed by atoms with Gasteiger partial charge < -0.3 is 0 Å². The van der Waals surface area contributed by atoms with E-state index in [1.54, 1.807) is 56.7 Å². The molecule has 368 valence electrons. The molecular weight excluding hydrogens is 749 g/mol. The lowest BCUT2D eigenvalue weighted by atomic mass is 10.0. The third kappa shape index (κ3) is 56.3. The Morgan fingerprint density at radius 1 is 0.131 bits per heavy atom. The van der Waals surface area contributed by atoms with E-state index in [2.05, 4.69) is 20.8 Å². The minimum atomic E-state index is -0.522. The van der Waals surface area contributed by atoms with Crippen LogP contribution in [-0.2, 0) is 0 Å². The van der Waals surface area contributed by atoms with Crippen molar-refractivity contribution in [2.45, 2.75) is 386 Å². The first kappa shape index (κ1) is 61.2. The third-order valence-corrected chi connectivity index (χ3v) is 18.6. The van der Waals surface area contributed by atoms with Crippen molar-refractivity contribution in [3.05, 3.63) is 0 Å². The van der Waals surface area contributed by atoms with Gasteiger partial charge in [0, 0.05) is 8.80 Å². The maximum atomic E-state index is 2.32. The number of unbranched alkanes of at least 4 members (excludes halogenated alkanes) is 51. The summed E-state index contributed by atoms with van der Waals surface area (Å²) in [6, 6.07) is 5.03. The lowest BCUT2D eigenvalue weighted by Gasteiger charge is -2.15. The van der Waals surface area contributed by atoms with Crippen LogP contribution in [-0.4, -0.2) is 8.80 Å². The van der Waals surface area contributed by atoms with E-state index in [0.717, 1.165) is 0 Å². The molecule has 0 amide bonds. The molecule has 0 unspecified atom stereocenters. The van der Waals surface area contributed by atoms with Gasteiger partial charge in [-0.15, -0.1) is 0 Å². The zero-order valence-corrected chi connectivity index (χ0v) is 45.0. The summed E-state index contributed by atoms with van der Waals surface area (Å²) in [4.78, 5) is 0. The first-order chi connectivity index (χ1) is 30.3. The van der Waals surface area contributed by atoms with Crippen molar-refractivity contribution in [3.63, 3.8) is 0 Å². The molecule has 0 aromatic rings. The van der Waals surface area contributed by atoms with Crippen molar-refractivity contribution in [1.82, 2.24) is 0 Å². The van der Waals surface area contributed by atoms with Gasteiger partial charge in [0.25, 0.3) is 0 Å². The second-order valence-corrected chi connectivity index (χ2v) is 24.7. The number of hydrogen-bond acceptors (Lipinski definition) is 0. The quantitative estimate of drug-likeness (QED) is 0.0422. The summed E-state index contributed by atoms with van der Waals surface area (Å²) < 4.78 is 0. The standard InChI is InChI=1S/C60H124Si/c1-4-7-10-13-16-19-22-25-28-31-34-37-40-43-46-49-52-55-58-61(59-56-53-50-47-44-41-38-35-32-29-26-23-20-17-14-11-8-5-2)60-57-54-51-48-45-42-39-36-33-30-27-24-21-18-15-12-9-6-3/h61H,4-60H2,1-3H3. The summed E-state index contributed by atoms with van der Waals surface area (Å²) in [6.07, 6.45) is 80.8. The number of rotatable bonds is 57. The molecule has 1 heteroatoms. The van der Waals surface area contributed by atoms with Gasteiger partial charge in [-0.3, -0.25) is 0 Å². The van der Waals surface area contributed by atoms with E-state index in [9.17, 15) is 0 Å². The smallest absolute Gasteiger partial charge is 0.0367 e. The predicted octanol–water partition coefficient (Wildman–Crippen LogP) is 23.3. The molecule has 0 nitrogen and oxygen atoms in total.